The molecule has 0 amide bonds. The van der Waals surface area contributed by atoms with Crippen LogP contribution in [0.3, 0.4) is 0 Å². The molecule has 10 aromatic rings. The van der Waals surface area contributed by atoms with E-state index in [0.717, 1.165) is 84.4 Å². The second-order valence-electron chi connectivity index (χ2n) is 19.2. The number of benzene rings is 7. The van der Waals surface area contributed by atoms with Crippen LogP contribution in [-0.2, 0) is 31.9 Å². The fourth-order valence-corrected chi connectivity index (χ4v) is 10.3. The van der Waals surface area contributed by atoms with Crippen LogP contribution >= 0.6 is 0 Å². The van der Waals surface area contributed by atoms with E-state index < -0.39 is 8.07 Å². The summed E-state index contributed by atoms with van der Waals surface area (Å²) < 4.78 is 8.71. The summed E-state index contributed by atoms with van der Waals surface area (Å²) in [5.74, 6) is 1.45. The minimum atomic E-state index is -1.38. The first-order valence-corrected chi connectivity index (χ1v) is 25.9. The van der Waals surface area contributed by atoms with Crippen LogP contribution in [0.4, 0.5) is 0 Å². The summed E-state index contributed by atoms with van der Waals surface area (Å²) in [5, 5.41) is 3.64. The Hall–Kier alpha value is -6.17. The predicted molar refractivity (Wildman–Crippen MR) is 272 cm³/mol. The van der Waals surface area contributed by atoms with Crippen LogP contribution in [0.1, 0.15) is 45.7 Å². The first kappa shape index (κ1) is 45.4. The first-order chi connectivity index (χ1) is 30.8. The molecule has 0 aliphatic carbocycles. The van der Waals surface area contributed by atoms with Crippen LogP contribution in [0.25, 0.3) is 83.6 Å². The Morgan fingerprint density at radius 2 is 1.38 bits per heavy atom. The summed E-state index contributed by atoms with van der Waals surface area (Å²) in [6.07, 6.45) is 3.25. The molecule has 0 bridgehead atoms. The summed E-state index contributed by atoms with van der Waals surface area (Å²) in [7, 11) is -1.38. The molecule has 7 aromatic carbocycles. The molecule has 327 valence electrons. The van der Waals surface area contributed by atoms with Crippen LogP contribution in [0, 0.1) is 18.1 Å². The normalized spacial score (nSPS) is 11.8. The van der Waals surface area contributed by atoms with E-state index in [4.69, 9.17) is 14.4 Å². The zero-order valence-electron chi connectivity index (χ0n) is 38.5. The van der Waals surface area contributed by atoms with E-state index in [9.17, 15) is 0 Å². The van der Waals surface area contributed by atoms with Gasteiger partial charge in [-0.1, -0.05) is 180 Å². The van der Waals surface area contributed by atoms with E-state index in [2.05, 4.69) is 205 Å². The van der Waals surface area contributed by atoms with Crippen LogP contribution < -0.4 is 5.19 Å². The average molecular weight is 1040 g/mol. The molecule has 0 saturated heterocycles. The molecular weight excluding hydrogens is 987 g/mol. The topological polar surface area (TPSA) is 43.9 Å². The first-order valence-electron chi connectivity index (χ1n) is 22.4. The summed E-state index contributed by atoms with van der Waals surface area (Å²) in [4.78, 5) is 9.97. The van der Waals surface area contributed by atoms with Crippen molar-refractivity contribution in [2.45, 2.75) is 66.1 Å². The fourth-order valence-electron chi connectivity index (χ4n) is 8.66. The smallest absolute Gasteiger partial charge is 0.120 e. The molecule has 10 rings (SSSR count). The molecule has 0 aliphatic heterocycles. The summed E-state index contributed by atoms with van der Waals surface area (Å²) in [5.41, 5.74) is 15.2. The maximum atomic E-state index is 6.45. The molecule has 0 saturated carbocycles. The second kappa shape index (κ2) is 18.7. The van der Waals surface area contributed by atoms with Crippen molar-refractivity contribution < 1.29 is 24.5 Å². The second-order valence-corrected chi connectivity index (χ2v) is 24.3. The number of fused-ring (bicyclic) bond motifs is 4. The van der Waals surface area contributed by atoms with Gasteiger partial charge >= 0.3 is 0 Å². The van der Waals surface area contributed by atoms with Gasteiger partial charge in [0, 0.05) is 42.9 Å². The summed E-state index contributed by atoms with van der Waals surface area (Å²) >= 11 is 0. The fraction of sp³-hybridized carbons (Fsp3) is 0.186. The Labute approximate surface area is 398 Å². The van der Waals surface area contributed by atoms with Gasteiger partial charge in [-0.05, 0) is 69.6 Å². The van der Waals surface area contributed by atoms with Crippen LogP contribution in [0.5, 0.6) is 0 Å². The Balaban J connectivity index is 0.000000199. The third-order valence-corrected chi connectivity index (χ3v) is 14.0. The average Bonchev–Trinajstić information content (AvgIpc) is 3.88. The molecule has 0 aliphatic rings. The summed E-state index contributed by atoms with van der Waals surface area (Å²) in [6.45, 7) is 18.5. The van der Waals surface area contributed by atoms with Crippen LogP contribution in [-0.4, -0.2) is 22.6 Å². The van der Waals surface area contributed by atoms with Gasteiger partial charge < -0.3 is 14.0 Å². The van der Waals surface area contributed by atoms with E-state index in [-0.39, 0.29) is 25.5 Å². The molecular formula is C59H55IrN3OSi-2. The monoisotopic (exact) mass is 1040 g/mol. The number of hydrogen-bond donors (Lipinski definition) is 0. The maximum absolute atomic E-state index is 6.45. The van der Waals surface area contributed by atoms with Gasteiger partial charge in [0.05, 0.1) is 30.5 Å². The van der Waals surface area contributed by atoms with Gasteiger partial charge in [0.25, 0.3) is 0 Å². The molecule has 0 spiro atoms. The Bertz CT molecular complexity index is 3230. The zero-order chi connectivity index (χ0) is 44.6. The number of imidazole rings is 1. The molecule has 0 unspecified atom stereocenters. The van der Waals surface area contributed by atoms with Crippen molar-refractivity contribution in [3.63, 3.8) is 0 Å². The minimum absolute atomic E-state index is 0. The van der Waals surface area contributed by atoms with Crippen molar-refractivity contribution in [1.29, 1.82) is 0 Å². The van der Waals surface area contributed by atoms with Crippen LogP contribution in [0.15, 0.2) is 174 Å². The Morgan fingerprint density at radius 1 is 0.692 bits per heavy atom. The number of pyridine rings is 1. The maximum Gasteiger partial charge on any atom is 0.120 e. The number of hydrogen-bond acceptors (Lipinski definition) is 3. The number of para-hydroxylation sites is 3. The van der Waals surface area contributed by atoms with E-state index in [0.29, 0.717) is 5.92 Å². The van der Waals surface area contributed by atoms with Crippen molar-refractivity contribution >= 4 is 46.2 Å². The Morgan fingerprint density at radius 3 is 2.08 bits per heavy atom. The van der Waals surface area contributed by atoms with Crippen molar-refractivity contribution in [3.8, 4) is 50.6 Å². The summed E-state index contributed by atoms with van der Waals surface area (Å²) in [6, 6.07) is 64.0. The number of rotatable bonds is 8. The minimum Gasteiger partial charge on any atom is -0.501 e. The van der Waals surface area contributed by atoms with Gasteiger partial charge in [-0.3, -0.25) is 4.98 Å². The molecule has 3 aromatic heterocycles. The molecule has 1 radical (unpaired) electrons. The molecule has 65 heavy (non-hydrogen) atoms. The quantitative estimate of drug-likeness (QED) is 0.113. The molecule has 0 fully saturated rings. The Kier molecular flexibility index (Phi) is 13.1. The largest absolute Gasteiger partial charge is 0.501 e. The molecule has 0 N–H and O–H groups in total. The number of furan rings is 1. The van der Waals surface area contributed by atoms with Gasteiger partial charge in [0.1, 0.15) is 5.58 Å². The third-order valence-electron chi connectivity index (χ3n) is 11.9. The van der Waals surface area contributed by atoms with Crippen molar-refractivity contribution in [1.82, 2.24) is 14.5 Å². The third kappa shape index (κ3) is 9.49. The molecule has 0 atom stereocenters. The van der Waals surface area contributed by atoms with E-state index in [1.54, 1.807) is 0 Å². The predicted octanol–water partition coefficient (Wildman–Crippen LogP) is 15.3. The number of nitrogens with zero attached hydrogens (tertiary/aromatic N) is 3. The van der Waals surface area contributed by atoms with Crippen LogP contribution in [0.2, 0.25) is 19.6 Å². The van der Waals surface area contributed by atoms with E-state index in [1.807, 2.05) is 36.4 Å². The van der Waals surface area contributed by atoms with E-state index >= 15 is 0 Å². The van der Waals surface area contributed by atoms with Gasteiger partial charge in [0.2, 0.25) is 0 Å². The molecule has 3 heterocycles. The van der Waals surface area contributed by atoms with Crippen molar-refractivity contribution in [2.24, 2.45) is 5.92 Å². The van der Waals surface area contributed by atoms with Gasteiger partial charge in [-0.2, -0.15) is 0 Å². The molecule has 4 nitrogen and oxygen atoms in total. The molecule has 6 heteroatoms. The van der Waals surface area contributed by atoms with E-state index in [1.165, 1.54) is 21.9 Å². The van der Waals surface area contributed by atoms with Gasteiger partial charge in [0.15, 0.2) is 0 Å². The van der Waals surface area contributed by atoms with Crippen molar-refractivity contribution in [3.05, 3.63) is 193 Å². The zero-order valence-corrected chi connectivity index (χ0v) is 41.9. The van der Waals surface area contributed by atoms with Crippen molar-refractivity contribution in [2.75, 3.05) is 0 Å². The SMILES string of the molecule is CC(C)Cc1cc(-c2[c-]cc(C(C)(C)C)cc2)ncc1[Si](C)(C)C.[Ir].[c-]1ccc2c(oc3ccccc32)c1-c1nc2ccccc2n1-c1cc(-c2ccccc2)ccc1-c1ccccc1. The number of aromatic nitrogens is 3. The standard InChI is InChI=1S/C37H23N2O.C22H32NSi.Ir/c1-3-12-25(13-4-1)27-22-23-28(26-14-5-2-6-15-26)34(24-27)39-33-20-9-8-19-32(33)38-37(39)31-18-11-17-30-29-16-7-10-21-35(29)40-36(30)31;1-16(2)13-18-14-20(23-15-21(18)24(6,7)8)17-9-11-19(12-10-17)22(3,4)5;/h1-17,19-24H;9,11-12,14-16H,13H2,1-8H3;/q2*-1;. The van der Waals surface area contributed by atoms with Gasteiger partial charge in [-0.25, -0.2) is 0 Å². The van der Waals surface area contributed by atoms with Gasteiger partial charge in [-0.15, -0.1) is 53.6 Å².